The molecule has 2 aromatic heterocycles. The van der Waals surface area contributed by atoms with Gasteiger partial charge in [-0.05, 0) is 31.2 Å². The maximum atomic E-state index is 12.3. The topological polar surface area (TPSA) is 93.8 Å². The molecule has 1 atom stereocenters. The summed E-state index contributed by atoms with van der Waals surface area (Å²) in [6.07, 6.45) is 0. The summed E-state index contributed by atoms with van der Waals surface area (Å²) in [6, 6.07) is 14.3. The first-order valence-corrected chi connectivity index (χ1v) is 7.46. The fourth-order valence-electron chi connectivity index (χ4n) is 2.38. The molecule has 0 bridgehead atoms. The lowest BCUT2D eigenvalue weighted by Gasteiger charge is -2.09. The number of nitrogens with one attached hydrogen (secondary N) is 1. The number of hydrogen-bond acceptors (Lipinski definition) is 6. The Balaban J connectivity index is 1.57. The first-order valence-electron chi connectivity index (χ1n) is 7.46. The highest BCUT2D eigenvalue weighted by atomic mass is 16.3. The van der Waals surface area contributed by atoms with E-state index in [9.17, 15) is 4.79 Å². The van der Waals surface area contributed by atoms with Crippen LogP contribution in [0.25, 0.3) is 22.1 Å². The number of amides is 1. The molecular weight excluding hydrogens is 306 g/mol. The van der Waals surface area contributed by atoms with Crippen LogP contribution in [-0.2, 0) is 0 Å². The SMILES string of the molecule is CC(NC(=O)c1nnc2ccccc2n1)c1nc2ccccc2o1. The van der Waals surface area contributed by atoms with Gasteiger partial charge in [-0.25, -0.2) is 9.97 Å². The van der Waals surface area contributed by atoms with Crippen molar-refractivity contribution in [3.63, 3.8) is 0 Å². The van der Waals surface area contributed by atoms with Gasteiger partial charge in [-0.15, -0.1) is 10.2 Å². The molecule has 0 saturated heterocycles. The molecule has 0 fully saturated rings. The molecule has 24 heavy (non-hydrogen) atoms. The van der Waals surface area contributed by atoms with Crippen molar-refractivity contribution in [1.82, 2.24) is 25.5 Å². The summed E-state index contributed by atoms with van der Waals surface area (Å²) in [4.78, 5) is 20.9. The van der Waals surface area contributed by atoms with Crippen molar-refractivity contribution in [1.29, 1.82) is 0 Å². The van der Waals surface area contributed by atoms with E-state index >= 15 is 0 Å². The lowest BCUT2D eigenvalue weighted by molar-refractivity contribution is 0.0923. The van der Waals surface area contributed by atoms with Gasteiger partial charge in [0.05, 0.1) is 5.52 Å². The van der Waals surface area contributed by atoms with Crippen LogP contribution in [-0.4, -0.2) is 26.1 Å². The van der Waals surface area contributed by atoms with Gasteiger partial charge < -0.3 is 9.73 Å². The summed E-state index contributed by atoms with van der Waals surface area (Å²) >= 11 is 0. The van der Waals surface area contributed by atoms with E-state index in [1.807, 2.05) is 36.4 Å². The molecule has 1 unspecified atom stereocenters. The molecule has 2 heterocycles. The maximum absolute atomic E-state index is 12.3. The van der Waals surface area contributed by atoms with E-state index in [2.05, 4.69) is 25.5 Å². The minimum atomic E-state index is -0.428. The van der Waals surface area contributed by atoms with E-state index in [1.54, 1.807) is 19.1 Å². The fraction of sp³-hybridized carbons (Fsp3) is 0.118. The van der Waals surface area contributed by atoms with Crippen LogP contribution in [0, 0.1) is 0 Å². The molecule has 0 saturated carbocycles. The number of nitrogens with zero attached hydrogens (tertiary/aromatic N) is 4. The number of carbonyl (C=O) groups is 1. The molecule has 0 aliphatic carbocycles. The average Bonchev–Trinajstić information content (AvgIpc) is 3.05. The lowest BCUT2D eigenvalue weighted by atomic mass is 10.3. The van der Waals surface area contributed by atoms with Crippen molar-refractivity contribution in [2.45, 2.75) is 13.0 Å². The second-order valence-electron chi connectivity index (χ2n) is 5.34. The van der Waals surface area contributed by atoms with E-state index in [0.717, 1.165) is 5.52 Å². The highest BCUT2D eigenvalue weighted by Crippen LogP contribution is 2.19. The second kappa shape index (κ2) is 5.69. The zero-order chi connectivity index (χ0) is 16.5. The highest BCUT2D eigenvalue weighted by Gasteiger charge is 2.19. The molecule has 118 valence electrons. The minimum absolute atomic E-state index is 0.0108. The van der Waals surface area contributed by atoms with Crippen molar-refractivity contribution in [2.75, 3.05) is 0 Å². The third-order valence-corrected chi connectivity index (χ3v) is 3.59. The van der Waals surface area contributed by atoms with Gasteiger partial charge in [0, 0.05) is 0 Å². The van der Waals surface area contributed by atoms with Crippen molar-refractivity contribution < 1.29 is 9.21 Å². The Morgan fingerprint density at radius 2 is 1.67 bits per heavy atom. The molecule has 1 amide bonds. The largest absolute Gasteiger partial charge is 0.438 e. The van der Waals surface area contributed by atoms with Gasteiger partial charge in [-0.3, -0.25) is 4.79 Å². The third-order valence-electron chi connectivity index (χ3n) is 3.59. The van der Waals surface area contributed by atoms with E-state index in [0.29, 0.717) is 22.5 Å². The smallest absolute Gasteiger partial charge is 0.291 e. The highest BCUT2D eigenvalue weighted by molar-refractivity contribution is 5.92. The summed E-state index contributed by atoms with van der Waals surface area (Å²) in [6.45, 7) is 1.79. The minimum Gasteiger partial charge on any atom is -0.438 e. The number of hydrogen-bond donors (Lipinski definition) is 1. The predicted octanol–water partition coefficient (Wildman–Crippen LogP) is 2.66. The van der Waals surface area contributed by atoms with Gasteiger partial charge in [-0.1, -0.05) is 24.3 Å². The Bertz CT molecular complexity index is 1010. The van der Waals surface area contributed by atoms with Crippen LogP contribution in [0.2, 0.25) is 0 Å². The van der Waals surface area contributed by atoms with Gasteiger partial charge >= 0.3 is 0 Å². The van der Waals surface area contributed by atoms with Gasteiger partial charge in [-0.2, -0.15) is 0 Å². The van der Waals surface area contributed by atoms with Crippen molar-refractivity contribution in [2.24, 2.45) is 0 Å². The van der Waals surface area contributed by atoms with Crippen LogP contribution in [0.15, 0.2) is 52.9 Å². The first kappa shape index (κ1) is 14.3. The normalized spacial score (nSPS) is 12.4. The standard InChI is InChI=1S/C17H13N5O2/c1-10(17-20-13-8-4-5-9-14(13)24-17)18-16(23)15-19-11-6-2-3-7-12(11)21-22-15/h2-10H,1H3,(H,18,23). The molecular formula is C17H13N5O2. The molecule has 7 heteroatoms. The summed E-state index contributed by atoms with van der Waals surface area (Å²) in [5.74, 6) is 0.0120. The van der Waals surface area contributed by atoms with Crippen molar-refractivity contribution in [3.05, 3.63) is 60.2 Å². The predicted molar refractivity (Wildman–Crippen MR) is 87.2 cm³/mol. The molecule has 0 spiro atoms. The number of benzene rings is 2. The molecule has 2 aromatic carbocycles. The van der Waals surface area contributed by atoms with E-state index < -0.39 is 11.9 Å². The van der Waals surface area contributed by atoms with Crippen LogP contribution >= 0.6 is 0 Å². The lowest BCUT2D eigenvalue weighted by Crippen LogP contribution is -2.28. The van der Waals surface area contributed by atoms with Crippen LogP contribution in [0.1, 0.15) is 29.5 Å². The van der Waals surface area contributed by atoms with Gasteiger partial charge in [0.25, 0.3) is 5.91 Å². The Kier molecular flexibility index (Phi) is 3.38. The summed E-state index contributed by atoms with van der Waals surface area (Å²) < 4.78 is 5.65. The maximum Gasteiger partial charge on any atom is 0.291 e. The van der Waals surface area contributed by atoms with Gasteiger partial charge in [0.1, 0.15) is 17.1 Å². The molecule has 0 aliphatic heterocycles. The van der Waals surface area contributed by atoms with Crippen LogP contribution in [0.3, 0.4) is 0 Å². The Morgan fingerprint density at radius 1 is 0.958 bits per heavy atom. The van der Waals surface area contributed by atoms with Crippen molar-refractivity contribution in [3.8, 4) is 0 Å². The molecule has 4 aromatic rings. The van der Waals surface area contributed by atoms with Crippen LogP contribution in [0.4, 0.5) is 0 Å². The number of oxazole rings is 1. The summed E-state index contributed by atoms with van der Waals surface area (Å²) in [5, 5.41) is 10.7. The molecule has 4 rings (SSSR count). The Labute approximate surface area is 136 Å². The second-order valence-corrected chi connectivity index (χ2v) is 5.34. The van der Waals surface area contributed by atoms with Crippen LogP contribution in [0.5, 0.6) is 0 Å². The first-order chi connectivity index (χ1) is 11.7. The summed E-state index contributed by atoms with van der Waals surface area (Å²) in [5.41, 5.74) is 2.68. The van der Waals surface area contributed by atoms with E-state index in [-0.39, 0.29) is 5.82 Å². The van der Waals surface area contributed by atoms with Crippen LogP contribution < -0.4 is 5.32 Å². The molecule has 0 aliphatic rings. The number of para-hydroxylation sites is 3. The monoisotopic (exact) mass is 319 g/mol. The molecule has 0 radical (unpaired) electrons. The molecule has 1 N–H and O–H groups in total. The van der Waals surface area contributed by atoms with E-state index in [4.69, 9.17) is 4.42 Å². The van der Waals surface area contributed by atoms with Gasteiger partial charge in [0.15, 0.2) is 5.58 Å². The number of carbonyl (C=O) groups excluding carboxylic acids is 1. The Morgan fingerprint density at radius 3 is 2.46 bits per heavy atom. The zero-order valence-corrected chi connectivity index (χ0v) is 12.8. The van der Waals surface area contributed by atoms with Gasteiger partial charge in [0.2, 0.25) is 11.7 Å². The third kappa shape index (κ3) is 2.56. The quantitative estimate of drug-likeness (QED) is 0.624. The zero-order valence-electron chi connectivity index (χ0n) is 12.8. The van der Waals surface area contributed by atoms with Crippen molar-refractivity contribution >= 4 is 28.0 Å². The number of rotatable bonds is 3. The number of fused-ring (bicyclic) bond motifs is 2. The molecule has 7 nitrogen and oxygen atoms in total. The number of aromatic nitrogens is 4. The average molecular weight is 319 g/mol. The fourth-order valence-corrected chi connectivity index (χ4v) is 2.38. The van der Waals surface area contributed by atoms with E-state index in [1.165, 1.54) is 0 Å². The Hall–Kier alpha value is -3.35. The summed E-state index contributed by atoms with van der Waals surface area (Å²) in [7, 11) is 0.